The van der Waals surface area contributed by atoms with Crippen molar-refractivity contribution in [1.29, 1.82) is 0 Å². The van der Waals surface area contributed by atoms with Gasteiger partial charge in [-0.1, -0.05) is 6.08 Å². The minimum atomic E-state index is -3.80. The summed E-state index contributed by atoms with van der Waals surface area (Å²) in [5.41, 5.74) is 0.400. The van der Waals surface area contributed by atoms with Crippen LogP contribution in [-0.2, 0) is 16.6 Å². The molecule has 0 atom stereocenters. The zero-order valence-corrected chi connectivity index (χ0v) is 19.3. The van der Waals surface area contributed by atoms with Gasteiger partial charge in [-0.05, 0) is 67.0 Å². The number of fused-ring (bicyclic) bond motifs is 1. The number of pyridine rings is 1. The summed E-state index contributed by atoms with van der Waals surface area (Å²) in [6, 6.07) is 4.61. The number of ether oxygens (including phenoxy) is 1. The SMILES string of the molecule is C=CCC1(S(=O)(=O)Nc2c(Nc3ccc(I)cc3F)c(C)c(=O)n3c2OCC3)CC1. The molecule has 10 heteroatoms. The number of sulfonamides is 1. The first-order valence-corrected chi connectivity index (χ1v) is 12.0. The second kappa shape index (κ2) is 7.56. The van der Waals surface area contributed by atoms with Crippen LogP contribution in [0.3, 0.4) is 0 Å². The molecule has 1 saturated carbocycles. The Morgan fingerprint density at radius 2 is 2.10 bits per heavy atom. The molecule has 2 N–H and O–H groups in total. The molecule has 1 aliphatic heterocycles. The summed E-state index contributed by atoms with van der Waals surface area (Å²) in [5.74, 6) is -0.376. The smallest absolute Gasteiger partial charge is 0.258 e. The Kier molecular flexibility index (Phi) is 5.33. The van der Waals surface area contributed by atoms with E-state index in [9.17, 15) is 17.6 Å². The highest BCUT2D eigenvalue weighted by Crippen LogP contribution is 2.49. The third kappa shape index (κ3) is 3.49. The monoisotopic (exact) mass is 545 g/mol. The van der Waals surface area contributed by atoms with Crippen LogP contribution in [0.4, 0.5) is 21.5 Å². The van der Waals surface area contributed by atoms with Gasteiger partial charge in [0.2, 0.25) is 15.9 Å². The van der Waals surface area contributed by atoms with Gasteiger partial charge in [0.25, 0.3) is 5.56 Å². The van der Waals surface area contributed by atoms with Crippen molar-refractivity contribution in [2.75, 3.05) is 16.6 Å². The van der Waals surface area contributed by atoms with Gasteiger partial charge in [-0.3, -0.25) is 14.1 Å². The lowest BCUT2D eigenvalue weighted by Gasteiger charge is -2.22. The fourth-order valence-electron chi connectivity index (χ4n) is 3.62. The van der Waals surface area contributed by atoms with E-state index in [0.717, 1.165) is 0 Å². The number of halogens is 2. The summed E-state index contributed by atoms with van der Waals surface area (Å²) in [6.07, 6.45) is 2.97. The molecule has 0 saturated heterocycles. The largest absolute Gasteiger partial charge is 0.475 e. The van der Waals surface area contributed by atoms with Crippen molar-refractivity contribution < 1.29 is 17.5 Å². The van der Waals surface area contributed by atoms with Gasteiger partial charge in [0.05, 0.1) is 22.7 Å². The molecule has 1 fully saturated rings. The van der Waals surface area contributed by atoms with Crippen molar-refractivity contribution in [2.24, 2.45) is 0 Å². The molecule has 1 aromatic carbocycles. The van der Waals surface area contributed by atoms with E-state index in [1.807, 2.05) is 22.6 Å². The van der Waals surface area contributed by atoms with E-state index in [2.05, 4.69) is 16.6 Å². The normalized spacial score (nSPS) is 16.5. The van der Waals surface area contributed by atoms with Crippen molar-refractivity contribution in [3.63, 3.8) is 0 Å². The van der Waals surface area contributed by atoms with Gasteiger partial charge in [-0.2, -0.15) is 0 Å². The molecule has 160 valence electrons. The van der Waals surface area contributed by atoms with Crippen LogP contribution in [0.15, 0.2) is 35.6 Å². The minimum Gasteiger partial charge on any atom is -0.475 e. The van der Waals surface area contributed by atoms with Crippen LogP contribution in [0.25, 0.3) is 0 Å². The van der Waals surface area contributed by atoms with Crippen LogP contribution in [0.2, 0.25) is 0 Å². The molecule has 4 rings (SSSR count). The lowest BCUT2D eigenvalue weighted by Crippen LogP contribution is -2.31. The van der Waals surface area contributed by atoms with E-state index in [1.165, 1.54) is 10.6 Å². The third-order valence-corrected chi connectivity index (χ3v) is 8.38. The van der Waals surface area contributed by atoms with Gasteiger partial charge >= 0.3 is 0 Å². The van der Waals surface area contributed by atoms with Gasteiger partial charge in [0.15, 0.2) is 0 Å². The van der Waals surface area contributed by atoms with Gasteiger partial charge < -0.3 is 10.1 Å². The van der Waals surface area contributed by atoms with Crippen LogP contribution >= 0.6 is 22.6 Å². The predicted molar refractivity (Wildman–Crippen MR) is 123 cm³/mol. The van der Waals surface area contributed by atoms with Crippen molar-refractivity contribution >= 4 is 49.7 Å². The van der Waals surface area contributed by atoms with E-state index >= 15 is 0 Å². The van der Waals surface area contributed by atoms with Crippen LogP contribution in [-0.4, -0.2) is 24.3 Å². The summed E-state index contributed by atoms with van der Waals surface area (Å²) in [7, 11) is -3.80. The zero-order valence-electron chi connectivity index (χ0n) is 16.3. The Bertz CT molecular complexity index is 1210. The van der Waals surface area contributed by atoms with E-state index in [-0.39, 0.29) is 40.7 Å². The molecule has 1 aliphatic carbocycles. The maximum atomic E-state index is 14.5. The molecule has 2 aromatic rings. The molecule has 0 spiro atoms. The quantitative estimate of drug-likeness (QED) is 0.407. The van der Waals surface area contributed by atoms with E-state index < -0.39 is 20.6 Å². The Hall–Kier alpha value is -2.08. The molecule has 1 aromatic heterocycles. The van der Waals surface area contributed by atoms with Crippen molar-refractivity contribution in [1.82, 2.24) is 4.57 Å². The highest BCUT2D eigenvalue weighted by atomic mass is 127. The zero-order chi connectivity index (χ0) is 21.7. The van der Waals surface area contributed by atoms with Crippen molar-refractivity contribution in [3.05, 3.63) is 56.2 Å². The molecule has 0 radical (unpaired) electrons. The molecule has 2 aliphatic rings. The van der Waals surface area contributed by atoms with Crippen molar-refractivity contribution in [2.45, 2.75) is 37.5 Å². The lowest BCUT2D eigenvalue weighted by atomic mass is 10.2. The van der Waals surface area contributed by atoms with E-state index in [1.54, 1.807) is 25.1 Å². The van der Waals surface area contributed by atoms with E-state index in [0.29, 0.717) is 29.4 Å². The first-order valence-electron chi connectivity index (χ1n) is 9.45. The molecule has 0 bridgehead atoms. The summed E-state index contributed by atoms with van der Waals surface area (Å²) >= 11 is 2.00. The Morgan fingerprint density at radius 1 is 1.37 bits per heavy atom. The number of benzene rings is 1. The maximum absolute atomic E-state index is 14.5. The summed E-state index contributed by atoms with van der Waals surface area (Å²) < 4.78 is 50.3. The van der Waals surface area contributed by atoms with Gasteiger partial charge in [-0.15, -0.1) is 6.58 Å². The lowest BCUT2D eigenvalue weighted by molar-refractivity contribution is 0.358. The second-order valence-corrected chi connectivity index (χ2v) is 10.8. The average Bonchev–Trinajstić information content (AvgIpc) is 3.32. The second-order valence-electron chi connectivity index (χ2n) is 7.52. The Labute approximate surface area is 187 Å². The van der Waals surface area contributed by atoms with Gasteiger partial charge in [0, 0.05) is 9.13 Å². The number of allylic oxidation sites excluding steroid dienone is 1. The first-order chi connectivity index (χ1) is 14.2. The van der Waals surface area contributed by atoms with Crippen LogP contribution in [0, 0.1) is 16.3 Å². The number of anilines is 3. The van der Waals surface area contributed by atoms with Crippen LogP contribution in [0.5, 0.6) is 5.88 Å². The highest BCUT2D eigenvalue weighted by molar-refractivity contribution is 14.1. The molecular formula is C20H21FIN3O4S. The first kappa shape index (κ1) is 21.2. The molecule has 0 amide bonds. The Balaban J connectivity index is 1.85. The number of nitrogens with zero attached hydrogens (tertiary/aromatic N) is 1. The predicted octanol–water partition coefficient (Wildman–Crippen LogP) is 3.89. The fourth-order valence-corrected chi connectivity index (χ4v) is 5.73. The number of hydrogen-bond acceptors (Lipinski definition) is 5. The van der Waals surface area contributed by atoms with Crippen LogP contribution in [0.1, 0.15) is 24.8 Å². The summed E-state index contributed by atoms with van der Waals surface area (Å²) in [5, 5.41) is 2.91. The summed E-state index contributed by atoms with van der Waals surface area (Å²) in [4.78, 5) is 12.8. The summed E-state index contributed by atoms with van der Waals surface area (Å²) in [6.45, 7) is 5.81. The topological polar surface area (TPSA) is 89.4 Å². The minimum absolute atomic E-state index is 0.123. The van der Waals surface area contributed by atoms with E-state index in [4.69, 9.17) is 4.74 Å². The molecule has 7 nitrogen and oxygen atoms in total. The van der Waals surface area contributed by atoms with Crippen molar-refractivity contribution in [3.8, 4) is 5.88 Å². The standard InChI is InChI=1S/C20H21FIN3O4S/c1-3-6-20(7-8-20)30(27,28)24-17-16(23-15-5-4-13(22)11-14(15)21)12(2)18(26)25-9-10-29-19(17)25/h3-5,11,23-24H,1,6-10H2,2H3. The fraction of sp³-hybridized carbons (Fsp3) is 0.350. The maximum Gasteiger partial charge on any atom is 0.258 e. The molecular weight excluding hydrogens is 524 g/mol. The molecule has 2 heterocycles. The molecule has 0 unspecified atom stereocenters. The number of rotatable bonds is 7. The van der Waals surface area contributed by atoms with Gasteiger partial charge in [-0.25, -0.2) is 12.8 Å². The van der Waals surface area contributed by atoms with Crippen LogP contribution < -0.4 is 20.3 Å². The number of nitrogens with one attached hydrogen (secondary N) is 2. The number of hydrogen-bond donors (Lipinski definition) is 2. The third-order valence-electron chi connectivity index (χ3n) is 5.52. The average molecular weight is 545 g/mol. The molecule has 30 heavy (non-hydrogen) atoms. The van der Waals surface area contributed by atoms with Gasteiger partial charge in [0.1, 0.15) is 18.1 Å². The highest BCUT2D eigenvalue weighted by Gasteiger charge is 2.54. The number of aromatic nitrogens is 1. The Morgan fingerprint density at radius 3 is 2.73 bits per heavy atom.